The predicted molar refractivity (Wildman–Crippen MR) is 75.7 cm³/mol. The first kappa shape index (κ1) is 14.2. The van der Waals surface area contributed by atoms with Crippen LogP contribution in [0.25, 0.3) is 10.4 Å². The molecular weight excluding hydrogens is 256 g/mol. The first-order valence-electron chi connectivity index (χ1n) is 6.81. The van der Waals surface area contributed by atoms with Crippen LogP contribution in [0.2, 0.25) is 0 Å². The number of hydrogen-bond donors (Lipinski definition) is 0. The van der Waals surface area contributed by atoms with Crippen LogP contribution in [0.15, 0.2) is 29.4 Å². The van der Waals surface area contributed by atoms with Crippen LogP contribution in [-0.4, -0.2) is 36.5 Å². The van der Waals surface area contributed by atoms with Crippen molar-refractivity contribution in [3.63, 3.8) is 0 Å². The summed E-state index contributed by atoms with van der Waals surface area (Å²) in [6.07, 6.45) is 1.46. The molecule has 1 amide bonds. The highest BCUT2D eigenvalue weighted by Crippen LogP contribution is 2.18. The van der Waals surface area contributed by atoms with Crippen LogP contribution in [0, 0.1) is 0 Å². The van der Waals surface area contributed by atoms with E-state index in [1.165, 1.54) is 0 Å². The molecule has 1 saturated heterocycles. The van der Waals surface area contributed by atoms with Crippen molar-refractivity contribution in [2.24, 2.45) is 5.11 Å². The maximum Gasteiger partial charge on any atom is 0.253 e. The lowest BCUT2D eigenvalue weighted by Gasteiger charge is -2.30. The summed E-state index contributed by atoms with van der Waals surface area (Å²) < 4.78 is 5.36. The average molecular weight is 274 g/mol. The Balaban J connectivity index is 1.96. The molecule has 0 aliphatic carbocycles. The largest absolute Gasteiger partial charge is 0.494 e. The molecule has 0 aromatic heterocycles. The highest BCUT2D eigenvalue weighted by Gasteiger charge is 2.22. The van der Waals surface area contributed by atoms with Gasteiger partial charge in [0.1, 0.15) is 5.75 Å². The van der Waals surface area contributed by atoms with Gasteiger partial charge in [0, 0.05) is 29.6 Å². The van der Waals surface area contributed by atoms with E-state index in [4.69, 9.17) is 10.3 Å². The molecule has 1 fully saturated rings. The predicted octanol–water partition coefficient (Wildman–Crippen LogP) is 3.00. The fourth-order valence-corrected chi connectivity index (χ4v) is 2.30. The van der Waals surface area contributed by atoms with E-state index in [0.29, 0.717) is 25.3 Å². The van der Waals surface area contributed by atoms with Crippen LogP contribution < -0.4 is 4.74 Å². The van der Waals surface area contributed by atoms with Gasteiger partial charge >= 0.3 is 0 Å². The lowest BCUT2D eigenvalue weighted by molar-refractivity contribution is 0.0714. The van der Waals surface area contributed by atoms with E-state index in [2.05, 4.69) is 10.0 Å². The number of carbonyl (C=O) groups is 1. The quantitative estimate of drug-likeness (QED) is 0.480. The van der Waals surface area contributed by atoms with Crippen molar-refractivity contribution in [1.82, 2.24) is 4.90 Å². The van der Waals surface area contributed by atoms with Gasteiger partial charge in [0.2, 0.25) is 0 Å². The van der Waals surface area contributed by atoms with Crippen molar-refractivity contribution in [2.75, 3.05) is 19.7 Å². The van der Waals surface area contributed by atoms with Crippen LogP contribution in [-0.2, 0) is 0 Å². The normalized spacial score (nSPS) is 15.6. The van der Waals surface area contributed by atoms with Crippen molar-refractivity contribution in [3.8, 4) is 5.75 Å². The Hall–Kier alpha value is -2.20. The van der Waals surface area contributed by atoms with Gasteiger partial charge in [-0.2, -0.15) is 0 Å². The van der Waals surface area contributed by atoms with E-state index in [1.807, 2.05) is 19.1 Å². The number of benzene rings is 1. The van der Waals surface area contributed by atoms with Crippen LogP contribution in [0.5, 0.6) is 5.75 Å². The molecule has 106 valence electrons. The molecule has 1 aliphatic rings. The van der Waals surface area contributed by atoms with Gasteiger partial charge in [-0.15, -0.1) is 0 Å². The number of hydrogen-bond acceptors (Lipinski definition) is 3. The second-order valence-corrected chi connectivity index (χ2v) is 4.69. The van der Waals surface area contributed by atoms with Crippen LogP contribution >= 0.6 is 0 Å². The third-order valence-electron chi connectivity index (χ3n) is 3.38. The molecule has 1 heterocycles. The first-order chi connectivity index (χ1) is 9.74. The second kappa shape index (κ2) is 6.82. The summed E-state index contributed by atoms with van der Waals surface area (Å²) in [5.41, 5.74) is 9.07. The minimum absolute atomic E-state index is 0.0179. The lowest BCUT2D eigenvalue weighted by Crippen LogP contribution is -2.39. The number of rotatable bonds is 4. The molecular formula is C14H18N4O2. The Morgan fingerprint density at radius 3 is 2.60 bits per heavy atom. The van der Waals surface area contributed by atoms with Crippen LogP contribution in [0.1, 0.15) is 30.1 Å². The fraction of sp³-hybridized carbons (Fsp3) is 0.500. The maximum atomic E-state index is 12.3. The molecule has 0 unspecified atom stereocenters. The van der Waals surface area contributed by atoms with Crippen molar-refractivity contribution in [1.29, 1.82) is 0 Å². The lowest BCUT2D eigenvalue weighted by atomic mass is 10.0. The highest BCUT2D eigenvalue weighted by atomic mass is 16.5. The first-order valence-corrected chi connectivity index (χ1v) is 6.81. The molecule has 0 bridgehead atoms. The molecule has 6 nitrogen and oxygen atoms in total. The maximum absolute atomic E-state index is 12.3. The van der Waals surface area contributed by atoms with Gasteiger partial charge in [0.15, 0.2) is 0 Å². The Morgan fingerprint density at radius 2 is 2.05 bits per heavy atom. The summed E-state index contributed by atoms with van der Waals surface area (Å²) in [6.45, 7) is 3.80. The molecule has 0 radical (unpaired) electrons. The number of amides is 1. The monoisotopic (exact) mass is 274 g/mol. The van der Waals surface area contributed by atoms with E-state index >= 15 is 0 Å². The van der Waals surface area contributed by atoms with Gasteiger partial charge in [-0.05, 0) is 49.6 Å². The molecule has 20 heavy (non-hydrogen) atoms. The Morgan fingerprint density at radius 1 is 1.40 bits per heavy atom. The van der Waals surface area contributed by atoms with Gasteiger partial charge in [0.25, 0.3) is 5.91 Å². The SMILES string of the molecule is CCOc1ccc(C(=O)N2CCC(N=[N+]=[N-])CC2)cc1. The number of likely N-dealkylation sites (tertiary alicyclic amines) is 1. The summed E-state index contributed by atoms with van der Waals surface area (Å²) in [4.78, 5) is 16.9. The van der Waals surface area contributed by atoms with Crippen molar-refractivity contribution < 1.29 is 9.53 Å². The minimum Gasteiger partial charge on any atom is -0.494 e. The molecule has 0 saturated carbocycles. The van der Waals surface area contributed by atoms with Crippen molar-refractivity contribution in [2.45, 2.75) is 25.8 Å². The summed E-state index contributed by atoms with van der Waals surface area (Å²) in [5, 5.41) is 3.71. The molecule has 1 aliphatic heterocycles. The third kappa shape index (κ3) is 3.42. The van der Waals surface area contributed by atoms with E-state index in [-0.39, 0.29) is 11.9 Å². The van der Waals surface area contributed by atoms with Crippen molar-refractivity contribution >= 4 is 5.91 Å². The Labute approximate surface area is 118 Å². The number of nitrogens with zero attached hydrogens (tertiary/aromatic N) is 4. The Bertz CT molecular complexity index is 500. The smallest absolute Gasteiger partial charge is 0.253 e. The van der Waals surface area contributed by atoms with E-state index < -0.39 is 0 Å². The molecule has 6 heteroatoms. The molecule has 1 aromatic carbocycles. The van der Waals surface area contributed by atoms with Gasteiger partial charge < -0.3 is 9.64 Å². The standard InChI is InChI=1S/C14H18N4O2/c1-2-20-13-5-3-11(4-6-13)14(19)18-9-7-12(8-10-18)16-17-15/h3-6,12H,2,7-10H2,1H3. The molecule has 1 aromatic rings. The number of azide groups is 1. The highest BCUT2D eigenvalue weighted by molar-refractivity contribution is 5.94. The van der Waals surface area contributed by atoms with Crippen LogP contribution in [0.4, 0.5) is 0 Å². The second-order valence-electron chi connectivity index (χ2n) is 4.69. The number of piperidine rings is 1. The van der Waals surface area contributed by atoms with E-state index in [0.717, 1.165) is 18.6 Å². The van der Waals surface area contributed by atoms with E-state index in [1.54, 1.807) is 17.0 Å². The summed E-state index contributed by atoms with van der Waals surface area (Å²) in [5.74, 6) is 0.790. The third-order valence-corrected chi connectivity index (χ3v) is 3.38. The fourth-order valence-electron chi connectivity index (χ4n) is 2.30. The summed E-state index contributed by atoms with van der Waals surface area (Å²) in [7, 11) is 0. The number of carbonyl (C=O) groups excluding carboxylic acids is 1. The van der Waals surface area contributed by atoms with E-state index in [9.17, 15) is 4.79 Å². The summed E-state index contributed by atoms with van der Waals surface area (Å²) >= 11 is 0. The summed E-state index contributed by atoms with van der Waals surface area (Å²) in [6, 6.07) is 7.21. The zero-order chi connectivity index (χ0) is 14.4. The molecule has 2 rings (SSSR count). The zero-order valence-corrected chi connectivity index (χ0v) is 11.5. The van der Waals surface area contributed by atoms with Gasteiger partial charge in [-0.1, -0.05) is 5.11 Å². The van der Waals surface area contributed by atoms with Crippen LogP contribution in [0.3, 0.4) is 0 Å². The number of ether oxygens (including phenoxy) is 1. The van der Waals surface area contributed by atoms with Gasteiger partial charge in [-0.25, -0.2) is 0 Å². The Kier molecular flexibility index (Phi) is 4.85. The van der Waals surface area contributed by atoms with Gasteiger partial charge in [0.05, 0.1) is 6.61 Å². The zero-order valence-electron chi connectivity index (χ0n) is 11.5. The topological polar surface area (TPSA) is 78.3 Å². The molecule has 0 atom stereocenters. The van der Waals surface area contributed by atoms with Crippen molar-refractivity contribution in [3.05, 3.63) is 40.3 Å². The van der Waals surface area contributed by atoms with Gasteiger partial charge in [-0.3, -0.25) is 4.79 Å². The average Bonchev–Trinajstić information content (AvgIpc) is 2.49. The molecule has 0 spiro atoms. The minimum atomic E-state index is 0.0179. The molecule has 0 N–H and O–H groups in total.